The molecule has 2 heterocycles. The van der Waals surface area contributed by atoms with E-state index in [-0.39, 0.29) is 17.1 Å². The van der Waals surface area contributed by atoms with E-state index in [1.54, 1.807) is 18.2 Å². The second-order valence-corrected chi connectivity index (χ2v) is 8.08. The molecule has 1 saturated heterocycles. The van der Waals surface area contributed by atoms with Gasteiger partial charge in [-0.1, -0.05) is 0 Å². The summed E-state index contributed by atoms with van der Waals surface area (Å²) >= 11 is 0. The third kappa shape index (κ3) is 3.51. The summed E-state index contributed by atoms with van der Waals surface area (Å²) < 4.78 is 64.5. The normalized spacial score (nSPS) is 18.2. The van der Waals surface area contributed by atoms with Crippen molar-refractivity contribution in [1.29, 1.82) is 0 Å². The van der Waals surface area contributed by atoms with Crippen LogP contribution in [0.1, 0.15) is 36.7 Å². The summed E-state index contributed by atoms with van der Waals surface area (Å²) in [6.07, 6.45) is 2.12. The van der Waals surface area contributed by atoms with Crippen LogP contribution in [0.5, 0.6) is 11.5 Å². The second kappa shape index (κ2) is 7.43. The molecule has 7 nitrogen and oxygen atoms in total. The lowest BCUT2D eigenvalue weighted by molar-refractivity contribution is 0.0561. The molecule has 0 amide bonds. The Balaban J connectivity index is 2.04. The SMILES string of the molecule is COc1ccc(OC)c([C@H]2CCCN2S(=O)(=O)c2cn(C(F)F)nc2C)c1. The van der Waals surface area contributed by atoms with E-state index >= 15 is 0 Å². The highest BCUT2D eigenvalue weighted by molar-refractivity contribution is 7.89. The Kier molecular flexibility index (Phi) is 5.38. The van der Waals surface area contributed by atoms with E-state index in [1.165, 1.54) is 25.4 Å². The summed E-state index contributed by atoms with van der Waals surface area (Å²) in [5.41, 5.74) is 0.718. The molecule has 1 aromatic carbocycles. The predicted octanol–water partition coefficient (Wildman–Crippen LogP) is 3.13. The number of rotatable bonds is 6. The van der Waals surface area contributed by atoms with Gasteiger partial charge in [0.15, 0.2) is 0 Å². The first kappa shape index (κ1) is 19.6. The number of aryl methyl sites for hydroxylation is 1. The summed E-state index contributed by atoms with van der Waals surface area (Å²) in [7, 11) is -0.969. The van der Waals surface area contributed by atoms with Crippen molar-refractivity contribution in [2.24, 2.45) is 0 Å². The molecule has 1 atom stereocenters. The Morgan fingerprint density at radius 1 is 1.26 bits per heavy atom. The van der Waals surface area contributed by atoms with Gasteiger partial charge >= 0.3 is 6.55 Å². The Labute approximate surface area is 156 Å². The van der Waals surface area contributed by atoms with Crippen LogP contribution in [0.2, 0.25) is 0 Å². The Bertz CT molecular complexity index is 930. The molecule has 0 spiro atoms. The molecule has 2 aromatic rings. The third-order valence-electron chi connectivity index (χ3n) is 4.66. The monoisotopic (exact) mass is 401 g/mol. The molecule has 1 aromatic heterocycles. The number of nitrogens with zero attached hydrogens (tertiary/aromatic N) is 3. The number of alkyl halides is 2. The average molecular weight is 401 g/mol. The number of benzene rings is 1. The molecule has 148 valence electrons. The topological polar surface area (TPSA) is 73.7 Å². The van der Waals surface area contributed by atoms with E-state index in [0.29, 0.717) is 34.6 Å². The van der Waals surface area contributed by atoms with Crippen molar-refractivity contribution >= 4 is 10.0 Å². The number of aromatic nitrogens is 2. The molecule has 0 saturated carbocycles. The van der Waals surface area contributed by atoms with E-state index < -0.39 is 22.6 Å². The number of hydrogen-bond acceptors (Lipinski definition) is 5. The smallest absolute Gasteiger partial charge is 0.333 e. The molecule has 0 radical (unpaired) electrons. The van der Waals surface area contributed by atoms with Gasteiger partial charge in [-0.3, -0.25) is 0 Å². The van der Waals surface area contributed by atoms with Crippen molar-refractivity contribution in [3.8, 4) is 11.5 Å². The predicted molar refractivity (Wildman–Crippen MR) is 93.6 cm³/mol. The van der Waals surface area contributed by atoms with Crippen molar-refractivity contribution in [3.05, 3.63) is 35.7 Å². The molecule has 1 aliphatic heterocycles. The van der Waals surface area contributed by atoms with Gasteiger partial charge in [0, 0.05) is 12.1 Å². The summed E-state index contributed by atoms with van der Waals surface area (Å²) in [5, 5.41) is 3.62. The molecular formula is C17H21F2N3O4S. The second-order valence-electron chi connectivity index (χ2n) is 6.22. The van der Waals surface area contributed by atoms with E-state index in [1.807, 2.05) is 0 Å². The van der Waals surface area contributed by atoms with Crippen LogP contribution in [-0.4, -0.2) is 43.3 Å². The molecule has 3 rings (SSSR count). The maximum absolute atomic E-state index is 13.2. The number of sulfonamides is 1. The number of methoxy groups -OCH3 is 2. The lowest BCUT2D eigenvalue weighted by Gasteiger charge is -2.25. The van der Waals surface area contributed by atoms with Gasteiger partial charge in [-0.15, -0.1) is 0 Å². The lowest BCUT2D eigenvalue weighted by atomic mass is 10.0. The van der Waals surface area contributed by atoms with Gasteiger partial charge in [0.25, 0.3) is 0 Å². The minimum atomic E-state index is -4.00. The van der Waals surface area contributed by atoms with Crippen molar-refractivity contribution in [2.45, 2.75) is 37.3 Å². The fraction of sp³-hybridized carbons (Fsp3) is 0.471. The van der Waals surface area contributed by atoms with E-state index in [9.17, 15) is 17.2 Å². The molecule has 0 N–H and O–H groups in total. The quantitative estimate of drug-likeness (QED) is 0.744. The fourth-order valence-electron chi connectivity index (χ4n) is 3.38. The maximum Gasteiger partial charge on any atom is 0.333 e. The van der Waals surface area contributed by atoms with Crippen LogP contribution in [-0.2, 0) is 10.0 Å². The van der Waals surface area contributed by atoms with Crippen molar-refractivity contribution in [2.75, 3.05) is 20.8 Å². The van der Waals surface area contributed by atoms with E-state index in [2.05, 4.69) is 5.10 Å². The van der Waals surface area contributed by atoms with Crippen LogP contribution in [0.4, 0.5) is 8.78 Å². The zero-order chi connectivity index (χ0) is 19.8. The molecule has 1 fully saturated rings. The standard InChI is InChI=1S/C17H21F2N3O4S/c1-11-16(10-21(20-11)17(18)19)27(23,24)22-8-4-5-14(22)13-9-12(25-2)6-7-15(13)26-3/h6-7,9-10,14,17H,4-5,8H2,1-3H3/t14-/m1/s1. The summed E-state index contributed by atoms with van der Waals surface area (Å²) in [6.45, 7) is -1.21. The molecule has 0 unspecified atom stereocenters. The van der Waals surface area contributed by atoms with Gasteiger partial charge in [0.2, 0.25) is 10.0 Å². The highest BCUT2D eigenvalue weighted by atomic mass is 32.2. The van der Waals surface area contributed by atoms with Crippen LogP contribution >= 0.6 is 0 Å². The van der Waals surface area contributed by atoms with Crippen LogP contribution < -0.4 is 9.47 Å². The molecule has 10 heteroatoms. The number of hydrogen-bond donors (Lipinski definition) is 0. The first-order valence-electron chi connectivity index (χ1n) is 8.37. The zero-order valence-corrected chi connectivity index (χ0v) is 16.0. The molecule has 0 bridgehead atoms. The molecule has 27 heavy (non-hydrogen) atoms. The average Bonchev–Trinajstić information content (AvgIpc) is 3.28. The largest absolute Gasteiger partial charge is 0.497 e. The number of halogens is 2. The van der Waals surface area contributed by atoms with Gasteiger partial charge in [0.1, 0.15) is 16.4 Å². The summed E-state index contributed by atoms with van der Waals surface area (Å²) in [5.74, 6) is 1.12. The molecule has 1 aliphatic rings. The van der Waals surface area contributed by atoms with Crippen molar-refractivity contribution < 1.29 is 26.7 Å². The zero-order valence-electron chi connectivity index (χ0n) is 15.2. The van der Waals surface area contributed by atoms with Gasteiger partial charge in [-0.25, -0.2) is 13.1 Å². The third-order valence-corrected chi connectivity index (χ3v) is 6.67. The van der Waals surface area contributed by atoms with Gasteiger partial charge in [0.05, 0.1) is 32.2 Å². The van der Waals surface area contributed by atoms with Crippen LogP contribution in [0, 0.1) is 6.92 Å². The highest BCUT2D eigenvalue weighted by Crippen LogP contribution is 2.42. The molecular weight excluding hydrogens is 380 g/mol. The minimum absolute atomic E-state index is 0.0403. The fourth-order valence-corrected chi connectivity index (χ4v) is 5.21. The van der Waals surface area contributed by atoms with Crippen LogP contribution in [0.3, 0.4) is 0 Å². The molecule has 0 aliphatic carbocycles. The maximum atomic E-state index is 13.2. The van der Waals surface area contributed by atoms with Crippen molar-refractivity contribution in [3.63, 3.8) is 0 Å². The van der Waals surface area contributed by atoms with Crippen LogP contribution in [0.15, 0.2) is 29.3 Å². The minimum Gasteiger partial charge on any atom is -0.497 e. The Morgan fingerprint density at radius 3 is 2.59 bits per heavy atom. The first-order valence-corrected chi connectivity index (χ1v) is 9.81. The van der Waals surface area contributed by atoms with Crippen molar-refractivity contribution in [1.82, 2.24) is 14.1 Å². The number of ether oxygens (including phenoxy) is 2. The Morgan fingerprint density at radius 2 is 2.00 bits per heavy atom. The highest BCUT2D eigenvalue weighted by Gasteiger charge is 2.39. The van der Waals surface area contributed by atoms with Gasteiger partial charge in [-0.05, 0) is 38.0 Å². The van der Waals surface area contributed by atoms with Crippen LogP contribution in [0.25, 0.3) is 0 Å². The first-order chi connectivity index (χ1) is 12.8. The lowest BCUT2D eigenvalue weighted by Crippen LogP contribution is -2.31. The Hall–Kier alpha value is -2.20. The van der Waals surface area contributed by atoms with Gasteiger partial charge < -0.3 is 9.47 Å². The van der Waals surface area contributed by atoms with E-state index in [4.69, 9.17) is 9.47 Å². The summed E-state index contributed by atoms with van der Waals surface area (Å²) in [4.78, 5) is -0.212. The van der Waals surface area contributed by atoms with Gasteiger partial charge in [-0.2, -0.15) is 18.2 Å². The summed E-state index contributed by atoms with van der Waals surface area (Å²) in [6, 6.07) is 4.71. The van der Waals surface area contributed by atoms with E-state index in [0.717, 1.165) is 6.20 Å².